The van der Waals surface area contributed by atoms with Gasteiger partial charge in [-0.05, 0) is 48.1 Å². The molecule has 12 heteroatoms. The largest absolute Gasteiger partial charge is 0.453 e. The lowest BCUT2D eigenvalue weighted by Crippen LogP contribution is -2.57. The molecule has 4 atom stereocenters. The van der Waals surface area contributed by atoms with Gasteiger partial charge >= 0.3 is 6.09 Å². The maximum Gasteiger partial charge on any atom is 0.407 e. The first kappa shape index (κ1) is 35.2. The van der Waals surface area contributed by atoms with Crippen LogP contribution in [0.4, 0.5) is 4.79 Å². The Balaban J connectivity index is 1.42. The maximum atomic E-state index is 13.4. The fourth-order valence-corrected chi connectivity index (χ4v) is 5.27. The van der Waals surface area contributed by atoms with Crippen LogP contribution in [-0.2, 0) is 28.0 Å². The molecule has 0 saturated carbocycles. The number of hydrazine groups is 1. The zero-order valence-corrected chi connectivity index (χ0v) is 27.7. The Morgan fingerprint density at radius 2 is 1.62 bits per heavy atom. The minimum atomic E-state index is -1.01. The number of nitrogens with one attached hydrogen (secondary N) is 2. The molecule has 1 aromatic heterocycles. The molecule has 0 aliphatic heterocycles. The molecule has 2 amide bonds. The third kappa shape index (κ3) is 9.44. The quantitative estimate of drug-likeness (QED) is 0.112. The molecule has 4 rings (SSSR count). The van der Waals surface area contributed by atoms with E-state index in [1.807, 2.05) is 113 Å². The predicted molar refractivity (Wildman–Crippen MR) is 180 cm³/mol. The van der Waals surface area contributed by atoms with Crippen molar-refractivity contribution in [2.24, 2.45) is 11.8 Å². The number of nitrogens with two attached hydrogens (primary N) is 1. The highest BCUT2D eigenvalue weighted by Gasteiger charge is 2.31. The highest BCUT2D eigenvalue weighted by atomic mass is 16.5. The van der Waals surface area contributed by atoms with Gasteiger partial charge in [-0.2, -0.15) is 4.80 Å². The maximum absolute atomic E-state index is 13.4. The monoisotopic (exact) mass is 642 g/mol. The van der Waals surface area contributed by atoms with E-state index in [9.17, 15) is 14.7 Å². The van der Waals surface area contributed by atoms with Gasteiger partial charge in [-0.25, -0.2) is 9.80 Å². The lowest BCUT2D eigenvalue weighted by Gasteiger charge is -2.30. The van der Waals surface area contributed by atoms with Crippen molar-refractivity contribution >= 4 is 12.0 Å². The van der Waals surface area contributed by atoms with Crippen LogP contribution in [0.2, 0.25) is 0 Å². The van der Waals surface area contributed by atoms with Crippen molar-refractivity contribution in [1.82, 2.24) is 35.8 Å². The molecule has 0 unspecified atom stereocenters. The van der Waals surface area contributed by atoms with Gasteiger partial charge < -0.3 is 20.5 Å². The second kappa shape index (κ2) is 16.3. The van der Waals surface area contributed by atoms with E-state index in [0.717, 1.165) is 22.3 Å². The SMILES string of the molecule is CC[C@H](C)[C@H](NC(=O)OC)C(=O)N[C@@H](Cc1ccccc1)[C@@H](O)CN(N)Cc1ccc(-c2nnn(C(C)(C)c3ccccc3)n2)cc1. The zero-order chi connectivity index (χ0) is 34.0. The molecular formula is C35H46N8O4. The molecule has 47 heavy (non-hydrogen) atoms. The van der Waals surface area contributed by atoms with Crippen molar-refractivity contribution in [1.29, 1.82) is 0 Å². The molecule has 0 fully saturated rings. The molecule has 0 saturated heterocycles. The number of alkyl carbamates (subject to hydrolysis) is 1. The van der Waals surface area contributed by atoms with Crippen LogP contribution in [0.15, 0.2) is 84.9 Å². The molecule has 4 aromatic rings. The Morgan fingerprint density at radius 1 is 0.979 bits per heavy atom. The number of hydrogen-bond acceptors (Lipinski definition) is 9. The normalized spacial score (nSPS) is 14.2. The molecule has 0 bridgehead atoms. The van der Waals surface area contributed by atoms with Gasteiger partial charge in [0.15, 0.2) is 0 Å². The number of rotatable bonds is 15. The Bertz CT molecular complexity index is 1560. The zero-order valence-electron chi connectivity index (χ0n) is 27.7. The minimum absolute atomic E-state index is 0.0857. The number of carbonyl (C=O) groups excluding carboxylic acids is 2. The standard InChI is InChI=1S/C35H46N8O4/c1-6-24(2)31(38-34(46)47-5)33(45)37-29(21-25-13-9-7-10-14-25)30(44)23-42(36)22-26-17-19-27(20-18-26)32-39-41-43(40-32)35(3,4)28-15-11-8-12-16-28/h7-20,24,29-31,44H,6,21-23,36H2,1-5H3,(H,37,45)(H,38,46)/t24-,29-,30-,31-/m0/s1. The Labute approximate surface area is 276 Å². The summed E-state index contributed by atoms with van der Waals surface area (Å²) in [5.41, 5.74) is 3.27. The first-order valence-corrected chi connectivity index (χ1v) is 15.8. The van der Waals surface area contributed by atoms with E-state index in [1.165, 1.54) is 12.1 Å². The van der Waals surface area contributed by atoms with Crippen LogP contribution in [0.3, 0.4) is 0 Å². The summed E-state index contributed by atoms with van der Waals surface area (Å²) >= 11 is 0. The first-order chi connectivity index (χ1) is 22.5. The van der Waals surface area contributed by atoms with E-state index in [0.29, 0.717) is 25.2 Å². The number of aromatic nitrogens is 4. The van der Waals surface area contributed by atoms with E-state index < -0.39 is 35.7 Å². The average Bonchev–Trinajstić information content (AvgIpc) is 3.59. The lowest BCUT2D eigenvalue weighted by atomic mass is 9.95. The smallest absolute Gasteiger partial charge is 0.407 e. The second-order valence-electron chi connectivity index (χ2n) is 12.3. The van der Waals surface area contributed by atoms with Crippen LogP contribution in [0.1, 0.15) is 50.8 Å². The van der Waals surface area contributed by atoms with Crippen LogP contribution in [0, 0.1) is 5.92 Å². The van der Waals surface area contributed by atoms with Crippen molar-refractivity contribution in [3.05, 3.63) is 102 Å². The molecule has 5 N–H and O–H groups in total. The van der Waals surface area contributed by atoms with E-state index in [-0.39, 0.29) is 12.5 Å². The molecular weight excluding hydrogens is 596 g/mol. The van der Waals surface area contributed by atoms with Crippen LogP contribution < -0.4 is 16.5 Å². The fourth-order valence-electron chi connectivity index (χ4n) is 5.27. The first-order valence-electron chi connectivity index (χ1n) is 15.8. The summed E-state index contributed by atoms with van der Waals surface area (Å²) in [6.45, 7) is 8.33. The Kier molecular flexibility index (Phi) is 12.2. The number of aliphatic hydroxyl groups is 1. The predicted octanol–water partition coefficient (Wildman–Crippen LogP) is 3.66. The van der Waals surface area contributed by atoms with E-state index >= 15 is 0 Å². The van der Waals surface area contributed by atoms with Crippen LogP contribution >= 0.6 is 0 Å². The summed E-state index contributed by atoms with van der Waals surface area (Å²) in [5, 5.41) is 31.7. The fraction of sp³-hybridized carbons (Fsp3) is 0.400. The number of benzene rings is 3. The molecule has 250 valence electrons. The highest BCUT2D eigenvalue weighted by Crippen LogP contribution is 2.25. The Morgan fingerprint density at radius 3 is 2.23 bits per heavy atom. The van der Waals surface area contributed by atoms with Gasteiger partial charge in [0, 0.05) is 18.7 Å². The summed E-state index contributed by atoms with van der Waals surface area (Å²) in [6.07, 6.45) is -0.674. The summed E-state index contributed by atoms with van der Waals surface area (Å²) in [5.74, 6) is 6.34. The van der Waals surface area contributed by atoms with Gasteiger partial charge in [0.2, 0.25) is 11.7 Å². The van der Waals surface area contributed by atoms with Crippen molar-refractivity contribution in [2.45, 2.75) is 70.8 Å². The highest BCUT2D eigenvalue weighted by molar-refractivity contribution is 5.86. The van der Waals surface area contributed by atoms with Gasteiger partial charge in [-0.15, -0.1) is 10.2 Å². The van der Waals surface area contributed by atoms with Gasteiger partial charge in [-0.3, -0.25) is 10.6 Å². The number of hydrogen-bond donors (Lipinski definition) is 4. The van der Waals surface area contributed by atoms with E-state index in [2.05, 4.69) is 26.0 Å². The number of ether oxygens (including phenoxy) is 1. The van der Waals surface area contributed by atoms with Crippen molar-refractivity contribution in [3.8, 4) is 11.4 Å². The van der Waals surface area contributed by atoms with Gasteiger partial charge in [-0.1, -0.05) is 105 Å². The molecule has 0 spiro atoms. The lowest BCUT2D eigenvalue weighted by molar-refractivity contribution is -0.126. The van der Waals surface area contributed by atoms with Gasteiger partial charge in [0.25, 0.3) is 0 Å². The topological polar surface area (TPSA) is 161 Å². The van der Waals surface area contributed by atoms with Crippen molar-refractivity contribution in [3.63, 3.8) is 0 Å². The van der Waals surface area contributed by atoms with Crippen LogP contribution in [0.25, 0.3) is 11.4 Å². The molecule has 3 aromatic carbocycles. The number of carbonyl (C=O) groups is 2. The Hall–Kier alpha value is -4.65. The van der Waals surface area contributed by atoms with Crippen LogP contribution in [0.5, 0.6) is 0 Å². The van der Waals surface area contributed by atoms with Gasteiger partial charge in [0.05, 0.1) is 19.3 Å². The number of nitrogens with zero attached hydrogens (tertiary/aromatic N) is 5. The molecule has 0 radical (unpaired) electrons. The summed E-state index contributed by atoms with van der Waals surface area (Å²) in [7, 11) is 1.25. The minimum Gasteiger partial charge on any atom is -0.453 e. The molecule has 0 aliphatic rings. The molecule has 1 heterocycles. The van der Waals surface area contributed by atoms with Crippen LogP contribution in [-0.4, -0.2) is 74.2 Å². The third-order valence-electron chi connectivity index (χ3n) is 8.46. The van der Waals surface area contributed by atoms with E-state index in [4.69, 9.17) is 10.6 Å². The van der Waals surface area contributed by atoms with Crippen molar-refractivity contribution < 1.29 is 19.4 Å². The number of amides is 2. The number of tetrazole rings is 1. The van der Waals surface area contributed by atoms with Gasteiger partial charge in [0.1, 0.15) is 11.6 Å². The summed E-state index contributed by atoms with van der Waals surface area (Å²) in [6, 6.07) is 25.8. The summed E-state index contributed by atoms with van der Waals surface area (Å²) < 4.78 is 4.73. The second-order valence-corrected chi connectivity index (χ2v) is 12.3. The number of aliphatic hydroxyl groups excluding tert-OH is 1. The third-order valence-corrected chi connectivity index (χ3v) is 8.46. The number of methoxy groups -OCH3 is 1. The summed E-state index contributed by atoms with van der Waals surface area (Å²) in [4.78, 5) is 27.0. The van der Waals surface area contributed by atoms with E-state index in [1.54, 1.807) is 4.80 Å². The average molecular weight is 643 g/mol. The molecule has 0 aliphatic carbocycles. The van der Waals surface area contributed by atoms with Crippen molar-refractivity contribution in [2.75, 3.05) is 13.7 Å². The molecule has 12 nitrogen and oxygen atoms in total.